The lowest BCUT2D eigenvalue weighted by Gasteiger charge is -2.00. The van der Waals surface area contributed by atoms with Gasteiger partial charge in [0.2, 0.25) is 0 Å². The molecule has 0 aromatic heterocycles. The summed E-state index contributed by atoms with van der Waals surface area (Å²) in [6, 6.07) is 10.5. The zero-order valence-corrected chi connectivity index (χ0v) is 7.42. The van der Waals surface area contributed by atoms with Crippen molar-refractivity contribution in [2.45, 2.75) is 19.3 Å². The van der Waals surface area contributed by atoms with Crippen molar-refractivity contribution in [2.75, 3.05) is 0 Å². The van der Waals surface area contributed by atoms with Crippen molar-refractivity contribution >= 4 is 0 Å². The second-order valence-electron chi connectivity index (χ2n) is 3.09. The van der Waals surface area contributed by atoms with Crippen LogP contribution in [0.1, 0.15) is 18.4 Å². The first-order chi connectivity index (χ1) is 5.79. The van der Waals surface area contributed by atoms with Gasteiger partial charge in [0.05, 0.1) is 0 Å². The summed E-state index contributed by atoms with van der Waals surface area (Å²) in [7, 11) is 0. The van der Waals surface area contributed by atoms with Crippen molar-refractivity contribution in [3.63, 3.8) is 0 Å². The van der Waals surface area contributed by atoms with E-state index in [0.717, 1.165) is 24.8 Å². The maximum absolute atomic E-state index is 3.78. The van der Waals surface area contributed by atoms with Gasteiger partial charge in [-0.15, -0.1) is 0 Å². The lowest BCUT2D eigenvalue weighted by Crippen LogP contribution is -1.84. The molecule has 1 radical (unpaired) electrons. The van der Waals surface area contributed by atoms with Crippen molar-refractivity contribution < 1.29 is 0 Å². The standard InChI is InChI=1S/C12H15/c1-11(2)7-6-10-12-8-4-3-5-9-12/h3-5,8-9H,1-2,6-7,10H2. The lowest BCUT2D eigenvalue weighted by atomic mass is 10.1. The third-order valence-electron chi connectivity index (χ3n) is 1.84. The van der Waals surface area contributed by atoms with E-state index in [1.807, 2.05) is 6.07 Å². The fourth-order valence-electron chi connectivity index (χ4n) is 1.19. The number of benzene rings is 1. The van der Waals surface area contributed by atoms with Crippen LogP contribution in [0.2, 0.25) is 0 Å². The van der Waals surface area contributed by atoms with Crippen LogP contribution in [0, 0.1) is 6.92 Å². The number of hydrogen-bond acceptors (Lipinski definition) is 0. The Morgan fingerprint density at radius 2 is 1.83 bits per heavy atom. The molecule has 0 saturated heterocycles. The van der Waals surface area contributed by atoms with Crippen molar-refractivity contribution in [3.8, 4) is 0 Å². The highest BCUT2D eigenvalue weighted by molar-refractivity contribution is 5.14. The molecule has 0 aliphatic rings. The Hall–Kier alpha value is -1.04. The van der Waals surface area contributed by atoms with Gasteiger partial charge in [-0.25, -0.2) is 0 Å². The van der Waals surface area contributed by atoms with Gasteiger partial charge < -0.3 is 0 Å². The monoisotopic (exact) mass is 159 g/mol. The second-order valence-corrected chi connectivity index (χ2v) is 3.09. The molecule has 63 valence electrons. The molecule has 0 heteroatoms. The van der Waals surface area contributed by atoms with Crippen LogP contribution in [-0.4, -0.2) is 0 Å². The quantitative estimate of drug-likeness (QED) is 0.631. The molecule has 0 N–H and O–H groups in total. The first-order valence-corrected chi connectivity index (χ1v) is 4.32. The summed E-state index contributed by atoms with van der Waals surface area (Å²) in [6.45, 7) is 7.55. The van der Waals surface area contributed by atoms with Crippen molar-refractivity contribution in [3.05, 3.63) is 55.0 Å². The molecule has 0 heterocycles. The van der Waals surface area contributed by atoms with Crippen LogP contribution >= 0.6 is 0 Å². The minimum Gasteiger partial charge on any atom is -0.0999 e. The van der Waals surface area contributed by atoms with Gasteiger partial charge in [0.25, 0.3) is 0 Å². The molecule has 12 heavy (non-hydrogen) atoms. The summed E-state index contributed by atoms with van der Waals surface area (Å²) in [4.78, 5) is 0. The lowest BCUT2D eigenvalue weighted by molar-refractivity contribution is 0.825. The molecule has 0 saturated carbocycles. The van der Waals surface area contributed by atoms with E-state index in [-0.39, 0.29) is 0 Å². The summed E-state index contributed by atoms with van der Waals surface area (Å²) < 4.78 is 0. The van der Waals surface area contributed by atoms with Crippen LogP contribution in [0.5, 0.6) is 0 Å². The molecule has 0 aliphatic heterocycles. The molecular formula is C12H15. The van der Waals surface area contributed by atoms with Crippen LogP contribution in [0.3, 0.4) is 0 Å². The number of hydrogen-bond donors (Lipinski definition) is 0. The number of allylic oxidation sites excluding steroid dienone is 1. The first-order valence-electron chi connectivity index (χ1n) is 4.32. The highest BCUT2D eigenvalue weighted by Crippen LogP contribution is 2.07. The highest BCUT2D eigenvalue weighted by Gasteiger charge is 1.91. The summed E-state index contributed by atoms with van der Waals surface area (Å²) in [5, 5.41) is 0. The highest BCUT2D eigenvalue weighted by atomic mass is 14.0. The smallest absolute Gasteiger partial charge is 0.0276 e. The SMILES string of the molecule is [CH2]C(=C)CCCc1ccccc1. The van der Waals surface area contributed by atoms with Crippen LogP contribution in [0.4, 0.5) is 0 Å². The second kappa shape index (κ2) is 4.76. The first kappa shape index (κ1) is 9.05. The summed E-state index contributed by atoms with van der Waals surface area (Å²) in [5.41, 5.74) is 2.43. The summed E-state index contributed by atoms with van der Waals surface area (Å²) in [5.74, 6) is 0. The van der Waals surface area contributed by atoms with E-state index in [1.54, 1.807) is 0 Å². The van der Waals surface area contributed by atoms with Gasteiger partial charge in [0, 0.05) is 0 Å². The molecule has 0 aliphatic carbocycles. The van der Waals surface area contributed by atoms with Gasteiger partial charge in [0.15, 0.2) is 0 Å². The van der Waals surface area contributed by atoms with E-state index in [4.69, 9.17) is 0 Å². The minimum absolute atomic E-state index is 1.03. The molecule has 0 amide bonds. The normalized spacial score (nSPS) is 9.75. The molecule has 0 atom stereocenters. The fourth-order valence-corrected chi connectivity index (χ4v) is 1.19. The maximum Gasteiger partial charge on any atom is -0.0276 e. The Kier molecular flexibility index (Phi) is 3.59. The predicted octanol–water partition coefficient (Wildman–Crippen LogP) is 3.40. The Bertz CT molecular complexity index is 233. The van der Waals surface area contributed by atoms with Gasteiger partial charge in [-0.05, 0) is 31.7 Å². The van der Waals surface area contributed by atoms with E-state index >= 15 is 0 Å². The molecule has 1 rings (SSSR count). The van der Waals surface area contributed by atoms with Crippen LogP contribution in [0.15, 0.2) is 42.5 Å². The molecule has 0 nitrogen and oxygen atoms in total. The van der Waals surface area contributed by atoms with Crippen LogP contribution in [0.25, 0.3) is 0 Å². The van der Waals surface area contributed by atoms with Crippen LogP contribution < -0.4 is 0 Å². The fraction of sp³-hybridized carbons (Fsp3) is 0.250. The minimum atomic E-state index is 1.03. The third kappa shape index (κ3) is 3.38. The predicted molar refractivity (Wildman–Crippen MR) is 53.9 cm³/mol. The largest absolute Gasteiger partial charge is 0.0999 e. The molecule has 1 aromatic carbocycles. The Morgan fingerprint density at radius 1 is 1.17 bits per heavy atom. The van der Waals surface area contributed by atoms with Crippen molar-refractivity contribution in [1.29, 1.82) is 0 Å². The summed E-state index contributed by atoms with van der Waals surface area (Å²) in [6.07, 6.45) is 3.33. The van der Waals surface area contributed by atoms with Gasteiger partial charge in [-0.2, -0.15) is 0 Å². The van der Waals surface area contributed by atoms with Crippen LogP contribution in [-0.2, 0) is 6.42 Å². The molecule has 0 bridgehead atoms. The Morgan fingerprint density at radius 3 is 2.42 bits per heavy atom. The maximum atomic E-state index is 3.78. The molecular weight excluding hydrogens is 144 g/mol. The molecule has 0 spiro atoms. The molecule has 0 fully saturated rings. The van der Waals surface area contributed by atoms with Crippen molar-refractivity contribution in [2.24, 2.45) is 0 Å². The van der Waals surface area contributed by atoms with Crippen molar-refractivity contribution in [1.82, 2.24) is 0 Å². The van der Waals surface area contributed by atoms with E-state index in [1.165, 1.54) is 5.56 Å². The number of aryl methyl sites for hydroxylation is 1. The zero-order valence-electron chi connectivity index (χ0n) is 7.42. The number of rotatable bonds is 4. The topological polar surface area (TPSA) is 0 Å². The van der Waals surface area contributed by atoms with Gasteiger partial charge in [-0.1, -0.05) is 42.5 Å². The average Bonchev–Trinajstić information content (AvgIpc) is 2.05. The van der Waals surface area contributed by atoms with Gasteiger partial charge >= 0.3 is 0 Å². The van der Waals surface area contributed by atoms with Gasteiger partial charge in [-0.3, -0.25) is 0 Å². The van der Waals surface area contributed by atoms with Gasteiger partial charge in [0.1, 0.15) is 0 Å². The Balaban J connectivity index is 2.29. The molecule has 1 aromatic rings. The van der Waals surface area contributed by atoms with E-state index in [2.05, 4.69) is 37.8 Å². The van der Waals surface area contributed by atoms with E-state index in [9.17, 15) is 0 Å². The average molecular weight is 159 g/mol. The third-order valence-corrected chi connectivity index (χ3v) is 1.84. The molecule has 0 unspecified atom stereocenters. The summed E-state index contributed by atoms with van der Waals surface area (Å²) >= 11 is 0. The Labute approximate surface area is 74.9 Å². The van der Waals surface area contributed by atoms with E-state index < -0.39 is 0 Å². The zero-order chi connectivity index (χ0) is 8.81. The van der Waals surface area contributed by atoms with E-state index in [0.29, 0.717) is 0 Å².